The fourth-order valence-electron chi connectivity index (χ4n) is 2.58. The second-order valence-electron chi connectivity index (χ2n) is 6.25. The van der Waals surface area contributed by atoms with Gasteiger partial charge in [0.1, 0.15) is 0 Å². The lowest BCUT2D eigenvalue weighted by atomic mass is 10.2. The van der Waals surface area contributed by atoms with Crippen molar-refractivity contribution >= 4 is 21.6 Å². The lowest BCUT2D eigenvalue weighted by Gasteiger charge is -2.31. The molecule has 1 aliphatic heterocycles. The van der Waals surface area contributed by atoms with Gasteiger partial charge in [0.15, 0.2) is 0 Å². The number of hydrogen-bond donors (Lipinski definition) is 3. The number of nitrogens with zero attached hydrogens (tertiary/aromatic N) is 1. The number of nitrogens with one attached hydrogen (secondary N) is 3. The molecular weight excluding hydrogens is 328 g/mol. The third kappa shape index (κ3) is 5.01. The van der Waals surface area contributed by atoms with Gasteiger partial charge in [-0.15, -0.1) is 0 Å². The van der Waals surface area contributed by atoms with Crippen molar-refractivity contribution in [3.05, 3.63) is 24.3 Å². The number of carbonyl (C=O) groups is 1. The van der Waals surface area contributed by atoms with Crippen LogP contribution in [-0.4, -0.2) is 57.5 Å². The van der Waals surface area contributed by atoms with Crippen molar-refractivity contribution in [3.8, 4) is 0 Å². The molecule has 0 saturated carbocycles. The van der Waals surface area contributed by atoms with Gasteiger partial charge in [0, 0.05) is 37.9 Å². The van der Waals surface area contributed by atoms with Gasteiger partial charge in [-0.05, 0) is 45.0 Å². The number of hydrogen-bond acceptors (Lipinski definition) is 5. The number of carbonyl (C=O) groups excluding carboxylic acids is 1. The molecule has 1 unspecified atom stereocenters. The Morgan fingerprint density at radius 2 is 1.71 bits per heavy atom. The Kier molecular flexibility index (Phi) is 6.34. The first-order valence-electron chi connectivity index (χ1n) is 8.17. The maximum Gasteiger partial charge on any atom is 0.241 e. The Balaban J connectivity index is 1.99. The summed E-state index contributed by atoms with van der Waals surface area (Å²) in [5.41, 5.74) is 0.588. The molecule has 8 heteroatoms. The maximum absolute atomic E-state index is 12.3. The van der Waals surface area contributed by atoms with E-state index < -0.39 is 10.0 Å². The van der Waals surface area contributed by atoms with E-state index in [1.807, 2.05) is 6.92 Å². The quantitative estimate of drug-likeness (QED) is 0.696. The SMILES string of the molecule is CC(C)NS(=O)(=O)c1ccc(NC(=O)C(C)N2CCNCC2)cc1. The van der Waals surface area contributed by atoms with Crippen molar-refractivity contribution < 1.29 is 13.2 Å². The highest BCUT2D eigenvalue weighted by Crippen LogP contribution is 2.15. The third-order valence-corrected chi connectivity index (χ3v) is 5.58. The van der Waals surface area contributed by atoms with E-state index in [1.165, 1.54) is 12.1 Å². The minimum atomic E-state index is -3.52. The Morgan fingerprint density at radius 3 is 2.25 bits per heavy atom. The standard InChI is InChI=1S/C16H26N4O3S/c1-12(2)19-24(22,23)15-6-4-14(5-7-15)18-16(21)13(3)20-10-8-17-9-11-20/h4-7,12-13,17,19H,8-11H2,1-3H3,(H,18,21). The topological polar surface area (TPSA) is 90.5 Å². The number of anilines is 1. The van der Waals surface area contributed by atoms with Crippen molar-refractivity contribution in [2.24, 2.45) is 0 Å². The highest BCUT2D eigenvalue weighted by molar-refractivity contribution is 7.89. The molecule has 0 spiro atoms. The smallest absolute Gasteiger partial charge is 0.241 e. The molecule has 134 valence electrons. The summed E-state index contributed by atoms with van der Waals surface area (Å²) in [5.74, 6) is -0.0900. The van der Waals surface area contributed by atoms with Crippen LogP contribution in [0.3, 0.4) is 0 Å². The van der Waals surface area contributed by atoms with Gasteiger partial charge in [-0.1, -0.05) is 0 Å². The Morgan fingerprint density at radius 1 is 1.12 bits per heavy atom. The highest BCUT2D eigenvalue weighted by atomic mass is 32.2. The summed E-state index contributed by atoms with van der Waals surface area (Å²) in [6.45, 7) is 8.86. The first kappa shape index (κ1) is 18.9. The molecule has 0 aromatic heterocycles. The molecule has 0 aliphatic carbocycles. The summed E-state index contributed by atoms with van der Waals surface area (Å²) in [6, 6.07) is 5.81. The van der Waals surface area contributed by atoms with E-state index in [0.29, 0.717) is 5.69 Å². The van der Waals surface area contributed by atoms with E-state index in [0.717, 1.165) is 26.2 Å². The van der Waals surface area contributed by atoms with Crippen molar-refractivity contribution in [1.82, 2.24) is 14.9 Å². The van der Waals surface area contributed by atoms with Crippen molar-refractivity contribution in [2.75, 3.05) is 31.5 Å². The van der Waals surface area contributed by atoms with Crippen LogP contribution in [0.5, 0.6) is 0 Å². The van der Waals surface area contributed by atoms with Crippen LogP contribution in [0.2, 0.25) is 0 Å². The van der Waals surface area contributed by atoms with Crippen LogP contribution >= 0.6 is 0 Å². The lowest BCUT2D eigenvalue weighted by molar-refractivity contribution is -0.120. The van der Waals surface area contributed by atoms with Crippen molar-refractivity contribution in [2.45, 2.75) is 37.8 Å². The van der Waals surface area contributed by atoms with Gasteiger partial charge in [-0.25, -0.2) is 13.1 Å². The summed E-state index contributed by atoms with van der Waals surface area (Å²) < 4.78 is 26.7. The molecule has 1 atom stereocenters. The molecule has 1 aromatic rings. The van der Waals surface area contributed by atoms with Crippen LogP contribution in [-0.2, 0) is 14.8 Å². The van der Waals surface area contributed by atoms with Gasteiger partial charge >= 0.3 is 0 Å². The van der Waals surface area contributed by atoms with Gasteiger partial charge < -0.3 is 10.6 Å². The summed E-state index contributed by atoms with van der Waals surface area (Å²) in [4.78, 5) is 14.6. The van der Waals surface area contributed by atoms with E-state index in [2.05, 4.69) is 20.3 Å². The largest absolute Gasteiger partial charge is 0.325 e. The van der Waals surface area contributed by atoms with Gasteiger partial charge in [-0.2, -0.15) is 0 Å². The zero-order valence-electron chi connectivity index (χ0n) is 14.4. The van der Waals surface area contributed by atoms with Crippen LogP contribution in [0.1, 0.15) is 20.8 Å². The second kappa shape index (κ2) is 8.06. The average molecular weight is 354 g/mol. The van der Waals surface area contributed by atoms with E-state index in [4.69, 9.17) is 0 Å². The normalized spacial score (nSPS) is 17.7. The molecule has 7 nitrogen and oxygen atoms in total. The molecule has 1 saturated heterocycles. The Labute approximate surface area is 143 Å². The van der Waals surface area contributed by atoms with Crippen LogP contribution in [0.15, 0.2) is 29.2 Å². The molecule has 24 heavy (non-hydrogen) atoms. The summed E-state index contributed by atoms with van der Waals surface area (Å²) in [6.07, 6.45) is 0. The third-order valence-electron chi connectivity index (χ3n) is 3.90. The van der Waals surface area contributed by atoms with E-state index in [-0.39, 0.29) is 22.9 Å². The maximum atomic E-state index is 12.3. The number of benzene rings is 1. The van der Waals surface area contributed by atoms with Crippen molar-refractivity contribution in [3.63, 3.8) is 0 Å². The predicted octanol–water partition coefficient (Wildman–Crippen LogP) is 0.606. The van der Waals surface area contributed by atoms with E-state index in [1.54, 1.807) is 26.0 Å². The number of amides is 1. The molecule has 3 N–H and O–H groups in total. The van der Waals surface area contributed by atoms with Crippen LogP contribution < -0.4 is 15.4 Å². The van der Waals surface area contributed by atoms with Gasteiger partial charge in [0.25, 0.3) is 0 Å². The lowest BCUT2D eigenvalue weighted by Crippen LogP contribution is -2.51. The molecular formula is C16H26N4O3S. The zero-order chi connectivity index (χ0) is 17.7. The predicted molar refractivity (Wildman–Crippen MR) is 94.4 cm³/mol. The molecule has 1 aliphatic rings. The summed E-state index contributed by atoms with van der Waals surface area (Å²) >= 11 is 0. The first-order chi connectivity index (χ1) is 11.3. The van der Waals surface area contributed by atoms with Crippen LogP contribution in [0.25, 0.3) is 0 Å². The van der Waals surface area contributed by atoms with Crippen LogP contribution in [0, 0.1) is 0 Å². The van der Waals surface area contributed by atoms with Crippen molar-refractivity contribution in [1.29, 1.82) is 0 Å². The Bertz CT molecular complexity index is 652. The fraction of sp³-hybridized carbons (Fsp3) is 0.562. The average Bonchev–Trinajstić information content (AvgIpc) is 2.54. The first-order valence-corrected chi connectivity index (χ1v) is 9.66. The molecule has 1 aromatic carbocycles. The number of rotatable bonds is 6. The Hall–Kier alpha value is -1.48. The van der Waals surface area contributed by atoms with Crippen LogP contribution in [0.4, 0.5) is 5.69 Å². The number of sulfonamides is 1. The molecule has 1 heterocycles. The van der Waals surface area contributed by atoms with E-state index in [9.17, 15) is 13.2 Å². The minimum Gasteiger partial charge on any atom is -0.325 e. The summed E-state index contributed by atoms with van der Waals surface area (Å²) in [7, 11) is -3.52. The molecule has 1 amide bonds. The summed E-state index contributed by atoms with van der Waals surface area (Å²) in [5, 5.41) is 6.10. The van der Waals surface area contributed by atoms with Gasteiger partial charge in [-0.3, -0.25) is 9.69 Å². The van der Waals surface area contributed by atoms with Gasteiger partial charge in [0.2, 0.25) is 15.9 Å². The zero-order valence-corrected chi connectivity index (χ0v) is 15.2. The van der Waals surface area contributed by atoms with E-state index >= 15 is 0 Å². The highest BCUT2D eigenvalue weighted by Gasteiger charge is 2.23. The second-order valence-corrected chi connectivity index (χ2v) is 7.97. The molecule has 1 fully saturated rings. The molecule has 0 radical (unpaired) electrons. The minimum absolute atomic E-state index is 0.0900. The molecule has 2 rings (SSSR count). The number of piperazine rings is 1. The van der Waals surface area contributed by atoms with Gasteiger partial charge in [0.05, 0.1) is 10.9 Å². The molecule has 0 bridgehead atoms. The monoisotopic (exact) mass is 354 g/mol. The fourth-order valence-corrected chi connectivity index (χ4v) is 3.83.